The van der Waals surface area contributed by atoms with Crippen molar-refractivity contribution in [2.75, 3.05) is 0 Å². The Hall–Kier alpha value is -2.14. The number of carboxylic acids is 1. The highest BCUT2D eigenvalue weighted by atomic mass is 16.5. The van der Waals surface area contributed by atoms with Crippen LogP contribution in [0.4, 0.5) is 0 Å². The quantitative estimate of drug-likeness (QED) is 0.878. The maximum Gasteiger partial charge on any atom is 0.358 e. The molecule has 0 aliphatic heterocycles. The first-order chi connectivity index (χ1) is 8.66. The molecule has 5 heteroatoms. The Morgan fingerprint density at radius 2 is 2.06 bits per heavy atom. The van der Waals surface area contributed by atoms with Gasteiger partial charge in [0.1, 0.15) is 12.4 Å². The molecule has 18 heavy (non-hydrogen) atoms. The van der Waals surface area contributed by atoms with Crippen molar-refractivity contribution in [1.82, 2.24) is 4.98 Å². The summed E-state index contributed by atoms with van der Waals surface area (Å²) in [5, 5.41) is 8.82. The third-order valence-corrected chi connectivity index (χ3v) is 2.38. The molecular weight excluding hydrogens is 234 g/mol. The second-order valence-electron chi connectivity index (χ2n) is 3.80. The van der Waals surface area contributed by atoms with Gasteiger partial charge >= 0.3 is 5.97 Å². The lowest BCUT2D eigenvalue weighted by atomic mass is 10.2. The lowest BCUT2D eigenvalue weighted by molar-refractivity contribution is 0.0689. The van der Waals surface area contributed by atoms with Gasteiger partial charge in [-0.05, 0) is 12.5 Å². The van der Waals surface area contributed by atoms with E-state index in [1.165, 1.54) is 0 Å². The van der Waals surface area contributed by atoms with Crippen molar-refractivity contribution >= 4 is 5.97 Å². The number of carbonyl (C=O) groups is 1. The lowest BCUT2D eigenvalue weighted by Gasteiger charge is -2.00. The minimum Gasteiger partial charge on any atom is -0.476 e. The average Bonchev–Trinajstić information content (AvgIpc) is 2.72. The Morgan fingerprint density at radius 3 is 2.67 bits per heavy atom. The van der Waals surface area contributed by atoms with Crippen LogP contribution in [0.5, 0.6) is 0 Å². The molecule has 0 amide bonds. The van der Waals surface area contributed by atoms with E-state index in [9.17, 15) is 4.79 Å². The number of hydrogen-bond acceptors (Lipinski definition) is 4. The molecule has 0 bridgehead atoms. The van der Waals surface area contributed by atoms with Crippen LogP contribution in [0.2, 0.25) is 0 Å². The van der Waals surface area contributed by atoms with Crippen LogP contribution in [0, 0.1) is 6.92 Å². The monoisotopic (exact) mass is 247 g/mol. The van der Waals surface area contributed by atoms with Gasteiger partial charge in [0.05, 0.1) is 6.61 Å². The number of aromatic carboxylic acids is 1. The molecule has 0 radical (unpaired) electrons. The second kappa shape index (κ2) is 5.46. The molecule has 0 aliphatic rings. The zero-order valence-corrected chi connectivity index (χ0v) is 9.92. The van der Waals surface area contributed by atoms with Gasteiger partial charge in [-0.25, -0.2) is 9.78 Å². The number of oxazole rings is 1. The van der Waals surface area contributed by atoms with Crippen LogP contribution < -0.4 is 0 Å². The van der Waals surface area contributed by atoms with E-state index in [0.717, 1.165) is 5.56 Å². The zero-order valence-electron chi connectivity index (χ0n) is 9.92. The normalized spacial score (nSPS) is 10.5. The van der Waals surface area contributed by atoms with Gasteiger partial charge < -0.3 is 14.3 Å². The molecular formula is C13H13NO4. The molecule has 0 saturated carbocycles. The molecule has 0 spiro atoms. The summed E-state index contributed by atoms with van der Waals surface area (Å²) in [7, 11) is 0. The molecule has 1 aromatic heterocycles. The predicted molar refractivity (Wildman–Crippen MR) is 63.1 cm³/mol. The largest absolute Gasteiger partial charge is 0.476 e. The van der Waals surface area contributed by atoms with Gasteiger partial charge in [-0.2, -0.15) is 0 Å². The molecule has 0 unspecified atom stereocenters. The SMILES string of the molecule is Cc1oc(COCc2ccccc2)nc1C(=O)O. The molecule has 1 N–H and O–H groups in total. The molecule has 0 aliphatic carbocycles. The number of carboxylic acid groups (broad SMARTS) is 1. The standard InChI is InChI=1S/C13H13NO4/c1-9-12(13(15)16)14-11(18-9)8-17-7-10-5-3-2-4-6-10/h2-6H,7-8H2,1H3,(H,15,16). The summed E-state index contributed by atoms with van der Waals surface area (Å²) in [6.07, 6.45) is 0. The van der Waals surface area contributed by atoms with E-state index in [4.69, 9.17) is 14.3 Å². The molecule has 0 fully saturated rings. The Balaban J connectivity index is 1.91. The highest BCUT2D eigenvalue weighted by molar-refractivity contribution is 5.86. The van der Waals surface area contributed by atoms with E-state index in [1.807, 2.05) is 30.3 Å². The first-order valence-electron chi connectivity index (χ1n) is 5.48. The summed E-state index contributed by atoms with van der Waals surface area (Å²) in [6, 6.07) is 9.68. The van der Waals surface area contributed by atoms with Crippen molar-refractivity contribution in [1.29, 1.82) is 0 Å². The number of ether oxygens (including phenoxy) is 1. The van der Waals surface area contributed by atoms with Crippen LogP contribution in [0.25, 0.3) is 0 Å². The topological polar surface area (TPSA) is 72.6 Å². The third-order valence-electron chi connectivity index (χ3n) is 2.38. The van der Waals surface area contributed by atoms with E-state index in [2.05, 4.69) is 4.98 Å². The fourth-order valence-corrected chi connectivity index (χ4v) is 1.54. The summed E-state index contributed by atoms with van der Waals surface area (Å²) < 4.78 is 10.6. The highest BCUT2D eigenvalue weighted by Crippen LogP contribution is 2.11. The van der Waals surface area contributed by atoms with E-state index in [1.54, 1.807) is 6.92 Å². The average molecular weight is 247 g/mol. The number of aryl methyl sites for hydroxylation is 1. The first kappa shape index (κ1) is 12.3. The Morgan fingerprint density at radius 1 is 1.33 bits per heavy atom. The Kier molecular flexibility index (Phi) is 3.74. The smallest absolute Gasteiger partial charge is 0.358 e. The van der Waals surface area contributed by atoms with E-state index < -0.39 is 5.97 Å². The van der Waals surface area contributed by atoms with Gasteiger partial charge in [-0.15, -0.1) is 0 Å². The molecule has 0 atom stereocenters. The van der Waals surface area contributed by atoms with Crippen LogP contribution in [0.15, 0.2) is 34.7 Å². The van der Waals surface area contributed by atoms with Gasteiger partial charge in [-0.1, -0.05) is 30.3 Å². The molecule has 2 rings (SSSR count). The van der Waals surface area contributed by atoms with Gasteiger partial charge in [-0.3, -0.25) is 0 Å². The van der Waals surface area contributed by atoms with Gasteiger partial charge in [0.25, 0.3) is 0 Å². The fraction of sp³-hybridized carbons (Fsp3) is 0.231. The van der Waals surface area contributed by atoms with Crippen LogP contribution >= 0.6 is 0 Å². The Bertz CT molecular complexity index is 533. The first-order valence-corrected chi connectivity index (χ1v) is 5.48. The van der Waals surface area contributed by atoms with Crippen molar-refractivity contribution < 1.29 is 19.1 Å². The molecule has 1 aromatic carbocycles. The fourth-order valence-electron chi connectivity index (χ4n) is 1.54. The minimum atomic E-state index is -1.09. The Labute approximate surface area is 104 Å². The maximum atomic E-state index is 10.8. The number of rotatable bonds is 5. The summed E-state index contributed by atoms with van der Waals surface area (Å²) in [6.45, 7) is 2.16. The van der Waals surface area contributed by atoms with Crippen LogP contribution in [-0.2, 0) is 18.0 Å². The molecule has 2 aromatic rings. The summed E-state index contributed by atoms with van der Waals surface area (Å²) in [4.78, 5) is 14.6. The van der Waals surface area contributed by atoms with E-state index >= 15 is 0 Å². The van der Waals surface area contributed by atoms with Crippen molar-refractivity contribution in [3.05, 3.63) is 53.2 Å². The van der Waals surface area contributed by atoms with Crippen LogP contribution in [0.1, 0.15) is 27.7 Å². The molecule has 94 valence electrons. The zero-order chi connectivity index (χ0) is 13.0. The number of nitrogens with zero attached hydrogens (tertiary/aromatic N) is 1. The van der Waals surface area contributed by atoms with Crippen molar-refractivity contribution in [2.45, 2.75) is 20.1 Å². The predicted octanol–water partition coefficient (Wildman–Crippen LogP) is 2.40. The van der Waals surface area contributed by atoms with Crippen LogP contribution in [0.3, 0.4) is 0 Å². The minimum absolute atomic E-state index is 0.0617. The summed E-state index contributed by atoms with van der Waals surface area (Å²) in [5.74, 6) is -0.521. The molecule has 1 heterocycles. The highest BCUT2D eigenvalue weighted by Gasteiger charge is 2.15. The van der Waals surface area contributed by atoms with E-state index in [-0.39, 0.29) is 18.2 Å². The number of benzene rings is 1. The lowest BCUT2D eigenvalue weighted by Crippen LogP contribution is -1.99. The van der Waals surface area contributed by atoms with Crippen LogP contribution in [-0.4, -0.2) is 16.1 Å². The second-order valence-corrected chi connectivity index (χ2v) is 3.80. The summed E-state index contributed by atoms with van der Waals surface area (Å²) in [5.41, 5.74) is 0.979. The van der Waals surface area contributed by atoms with E-state index in [0.29, 0.717) is 12.4 Å². The van der Waals surface area contributed by atoms with Crippen molar-refractivity contribution in [3.8, 4) is 0 Å². The molecule has 5 nitrogen and oxygen atoms in total. The maximum absolute atomic E-state index is 10.8. The molecule has 0 saturated heterocycles. The van der Waals surface area contributed by atoms with Gasteiger partial charge in [0.15, 0.2) is 5.69 Å². The van der Waals surface area contributed by atoms with Crippen molar-refractivity contribution in [3.63, 3.8) is 0 Å². The number of hydrogen-bond donors (Lipinski definition) is 1. The van der Waals surface area contributed by atoms with Crippen molar-refractivity contribution in [2.24, 2.45) is 0 Å². The third kappa shape index (κ3) is 2.95. The summed E-state index contributed by atoms with van der Waals surface area (Å²) >= 11 is 0. The van der Waals surface area contributed by atoms with Gasteiger partial charge in [0, 0.05) is 0 Å². The van der Waals surface area contributed by atoms with Gasteiger partial charge in [0.2, 0.25) is 5.89 Å². The number of aromatic nitrogens is 1.